The number of nitrogens with two attached hydrogens (primary N) is 1. The van der Waals surface area contributed by atoms with Crippen LogP contribution in [-0.2, 0) is 9.53 Å². The largest absolute Gasteiger partial charge is 0.444 e. The van der Waals surface area contributed by atoms with E-state index >= 15 is 0 Å². The Balaban J connectivity index is 0.00000961. The summed E-state index contributed by atoms with van der Waals surface area (Å²) < 4.78 is 5.33. The summed E-state index contributed by atoms with van der Waals surface area (Å²) in [6.45, 7) is 16.3. The molecule has 0 atom stereocenters. The molecule has 0 spiro atoms. The lowest BCUT2D eigenvalue weighted by Crippen LogP contribution is -2.49. The number of hydrogen-bond donors (Lipinski definition) is 4. The minimum atomic E-state index is -0.530. The lowest BCUT2D eigenvalue weighted by atomic mass is 9.96. The maximum Gasteiger partial charge on any atom is 0.408 e. The van der Waals surface area contributed by atoms with Crippen LogP contribution in [0.25, 0.3) is 0 Å². The van der Waals surface area contributed by atoms with E-state index in [1.807, 2.05) is 41.5 Å². The van der Waals surface area contributed by atoms with E-state index in [-0.39, 0.29) is 35.8 Å². The molecule has 0 aliphatic carbocycles. The monoisotopic (exact) mass is 568 g/mol. The van der Waals surface area contributed by atoms with Crippen molar-refractivity contribution in [3.05, 3.63) is 0 Å². The van der Waals surface area contributed by atoms with Gasteiger partial charge in [-0.3, -0.25) is 9.79 Å². The minimum absolute atomic E-state index is 0. The molecule has 1 aliphatic heterocycles. The van der Waals surface area contributed by atoms with Gasteiger partial charge in [-0.05, 0) is 86.9 Å². The van der Waals surface area contributed by atoms with Gasteiger partial charge in [-0.1, -0.05) is 0 Å². The van der Waals surface area contributed by atoms with Gasteiger partial charge in [0.1, 0.15) is 5.60 Å². The molecule has 5 N–H and O–H groups in total. The summed E-state index contributed by atoms with van der Waals surface area (Å²) in [5.74, 6) is 0.623. The number of primary amides is 1. The van der Waals surface area contributed by atoms with Gasteiger partial charge in [0, 0.05) is 19.0 Å². The molecule has 0 aromatic carbocycles. The zero-order valence-electron chi connectivity index (χ0n) is 20.8. The van der Waals surface area contributed by atoms with Crippen molar-refractivity contribution in [2.45, 2.75) is 78.4 Å². The van der Waals surface area contributed by atoms with Gasteiger partial charge in [-0.15, -0.1) is 24.0 Å². The second-order valence-electron chi connectivity index (χ2n) is 9.86. The van der Waals surface area contributed by atoms with Gasteiger partial charge in [-0.2, -0.15) is 0 Å². The average Bonchev–Trinajstić information content (AvgIpc) is 2.64. The molecule has 1 heterocycles. The quantitative estimate of drug-likeness (QED) is 0.139. The zero-order chi connectivity index (χ0) is 23.5. The molecule has 188 valence electrons. The standard InChI is InChI=1S/C22H44N6O3.HI/c1-7-24-19(26-16-22(5,6)27-20(30)31-21(2,3)4)25-12-8-9-13-28-14-10-17(11-15-28)18(23)29;/h17H,7-16H2,1-6H3,(H2,23,29)(H,27,30)(H2,24,25,26);1H. The molecule has 9 nitrogen and oxygen atoms in total. The van der Waals surface area contributed by atoms with Crippen LogP contribution in [0.1, 0.15) is 67.2 Å². The molecule has 10 heteroatoms. The van der Waals surface area contributed by atoms with E-state index in [1.165, 1.54) is 0 Å². The number of carbonyl (C=O) groups excluding carboxylic acids is 2. The number of alkyl carbamates (subject to hydrolysis) is 1. The highest BCUT2D eigenvalue weighted by Crippen LogP contribution is 2.16. The Bertz CT molecular complexity index is 599. The lowest BCUT2D eigenvalue weighted by Gasteiger charge is -2.30. The Morgan fingerprint density at radius 1 is 1.09 bits per heavy atom. The fourth-order valence-corrected chi connectivity index (χ4v) is 3.35. The third-order valence-corrected chi connectivity index (χ3v) is 5.00. The van der Waals surface area contributed by atoms with Crippen LogP contribution in [0.4, 0.5) is 4.79 Å². The summed E-state index contributed by atoms with van der Waals surface area (Å²) in [7, 11) is 0. The van der Waals surface area contributed by atoms with Crippen molar-refractivity contribution in [3.63, 3.8) is 0 Å². The van der Waals surface area contributed by atoms with E-state index in [9.17, 15) is 9.59 Å². The maximum atomic E-state index is 12.0. The van der Waals surface area contributed by atoms with Gasteiger partial charge in [0.05, 0.1) is 12.1 Å². The number of rotatable bonds is 10. The second kappa shape index (κ2) is 14.8. The van der Waals surface area contributed by atoms with Crippen molar-refractivity contribution in [1.82, 2.24) is 20.9 Å². The first-order chi connectivity index (χ1) is 14.4. The highest BCUT2D eigenvalue weighted by atomic mass is 127. The molecule has 0 aromatic heterocycles. The molecule has 1 rings (SSSR count). The normalized spacial score (nSPS) is 16.1. The molecular weight excluding hydrogens is 523 g/mol. The van der Waals surface area contributed by atoms with Crippen molar-refractivity contribution < 1.29 is 14.3 Å². The maximum absolute atomic E-state index is 12.0. The molecule has 32 heavy (non-hydrogen) atoms. The first kappa shape index (κ1) is 30.7. The smallest absolute Gasteiger partial charge is 0.408 e. The van der Waals surface area contributed by atoms with Crippen molar-refractivity contribution in [2.75, 3.05) is 39.3 Å². The molecule has 0 bridgehead atoms. The highest BCUT2D eigenvalue weighted by Gasteiger charge is 2.25. The van der Waals surface area contributed by atoms with Crippen molar-refractivity contribution >= 4 is 41.9 Å². The summed E-state index contributed by atoms with van der Waals surface area (Å²) >= 11 is 0. The van der Waals surface area contributed by atoms with Crippen LogP contribution in [0, 0.1) is 5.92 Å². The Labute approximate surface area is 211 Å². The van der Waals surface area contributed by atoms with Crippen LogP contribution in [0.2, 0.25) is 0 Å². The van der Waals surface area contributed by atoms with E-state index in [4.69, 9.17) is 10.5 Å². The summed E-state index contributed by atoms with van der Waals surface area (Å²) in [6, 6.07) is 0. The Kier molecular flexibility index (Phi) is 14.2. The zero-order valence-corrected chi connectivity index (χ0v) is 23.1. The third-order valence-electron chi connectivity index (χ3n) is 5.00. The Morgan fingerprint density at radius 2 is 1.72 bits per heavy atom. The molecule has 2 amide bonds. The van der Waals surface area contributed by atoms with Gasteiger partial charge in [0.15, 0.2) is 5.96 Å². The van der Waals surface area contributed by atoms with E-state index in [0.29, 0.717) is 6.54 Å². The molecule has 1 saturated heterocycles. The van der Waals surface area contributed by atoms with Crippen LogP contribution in [0.5, 0.6) is 0 Å². The van der Waals surface area contributed by atoms with Gasteiger partial charge in [0.2, 0.25) is 5.91 Å². The van der Waals surface area contributed by atoms with E-state index in [1.54, 1.807) is 0 Å². The number of ether oxygens (including phenoxy) is 1. The number of piperidine rings is 1. The lowest BCUT2D eigenvalue weighted by molar-refractivity contribution is -0.123. The predicted molar refractivity (Wildman–Crippen MR) is 140 cm³/mol. The van der Waals surface area contributed by atoms with Gasteiger partial charge in [-0.25, -0.2) is 4.79 Å². The van der Waals surface area contributed by atoms with Crippen LogP contribution >= 0.6 is 24.0 Å². The number of carbonyl (C=O) groups is 2. The number of aliphatic imine (C=N–C) groups is 1. The van der Waals surface area contributed by atoms with E-state index in [2.05, 4.69) is 25.8 Å². The van der Waals surface area contributed by atoms with Crippen molar-refractivity contribution in [2.24, 2.45) is 16.6 Å². The SMILES string of the molecule is CCNC(=NCC(C)(C)NC(=O)OC(C)(C)C)NCCCCN1CCC(C(N)=O)CC1.I. The number of hydrogen-bond acceptors (Lipinski definition) is 5. The molecule has 1 fully saturated rings. The molecule has 0 unspecified atom stereocenters. The number of nitrogens with zero attached hydrogens (tertiary/aromatic N) is 2. The number of unbranched alkanes of at least 4 members (excludes halogenated alkanes) is 1. The van der Waals surface area contributed by atoms with Crippen molar-refractivity contribution in [1.29, 1.82) is 0 Å². The first-order valence-corrected chi connectivity index (χ1v) is 11.5. The Morgan fingerprint density at radius 3 is 2.25 bits per heavy atom. The van der Waals surface area contributed by atoms with Crippen LogP contribution in [-0.4, -0.2) is 73.3 Å². The Hall–Kier alpha value is -1.30. The molecular formula is C22H45IN6O3. The summed E-state index contributed by atoms with van der Waals surface area (Å²) in [4.78, 5) is 30.3. The molecule has 1 aliphatic rings. The van der Waals surface area contributed by atoms with E-state index < -0.39 is 17.2 Å². The summed E-state index contributed by atoms with van der Waals surface area (Å²) in [6.07, 6.45) is 3.42. The minimum Gasteiger partial charge on any atom is -0.444 e. The number of nitrogens with one attached hydrogen (secondary N) is 3. The van der Waals surface area contributed by atoms with Gasteiger partial charge >= 0.3 is 6.09 Å². The summed E-state index contributed by atoms with van der Waals surface area (Å²) in [5, 5.41) is 9.48. The second-order valence-corrected chi connectivity index (χ2v) is 9.86. The highest BCUT2D eigenvalue weighted by molar-refractivity contribution is 14.0. The number of halogens is 1. The fraction of sp³-hybridized carbons (Fsp3) is 0.864. The summed E-state index contributed by atoms with van der Waals surface area (Å²) in [5.41, 5.74) is 4.34. The van der Waals surface area contributed by atoms with Crippen LogP contribution in [0.15, 0.2) is 4.99 Å². The van der Waals surface area contributed by atoms with Gasteiger partial charge < -0.3 is 31.3 Å². The number of likely N-dealkylation sites (tertiary alicyclic amines) is 1. The van der Waals surface area contributed by atoms with Crippen LogP contribution < -0.4 is 21.7 Å². The average molecular weight is 569 g/mol. The van der Waals surface area contributed by atoms with Crippen LogP contribution in [0.3, 0.4) is 0 Å². The topological polar surface area (TPSA) is 121 Å². The molecule has 0 saturated carbocycles. The van der Waals surface area contributed by atoms with E-state index in [0.717, 1.165) is 64.4 Å². The van der Waals surface area contributed by atoms with Gasteiger partial charge in [0.25, 0.3) is 0 Å². The molecule has 0 aromatic rings. The fourth-order valence-electron chi connectivity index (χ4n) is 3.35. The number of amides is 2. The molecule has 0 radical (unpaired) electrons. The first-order valence-electron chi connectivity index (χ1n) is 11.5. The van der Waals surface area contributed by atoms with Crippen molar-refractivity contribution in [3.8, 4) is 0 Å². The third kappa shape index (κ3) is 14.0. The number of guanidine groups is 1. The predicted octanol–water partition coefficient (Wildman–Crippen LogP) is 2.44.